The largest absolute Gasteiger partial charge is 0.376 e. The Morgan fingerprint density at radius 3 is 2.30 bits per heavy atom. The van der Waals surface area contributed by atoms with E-state index in [1.807, 2.05) is 0 Å². The monoisotopic (exact) mass is 144 g/mol. The van der Waals surface area contributed by atoms with Crippen molar-refractivity contribution in [1.29, 1.82) is 0 Å². The predicted octanol–water partition coefficient (Wildman–Crippen LogP) is 1.45. The van der Waals surface area contributed by atoms with E-state index < -0.39 is 0 Å². The van der Waals surface area contributed by atoms with Crippen molar-refractivity contribution in [3.63, 3.8) is 0 Å². The normalized spacial score (nSPS) is 34.8. The molecule has 0 N–H and O–H groups in total. The summed E-state index contributed by atoms with van der Waals surface area (Å²) in [5.41, 5.74) is -0.0434. The molecule has 2 nitrogen and oxygen atoms in total. The summed E-state index contributed by atoms with van der Waals surface area (Å²) < 4.78 is 10.9. The SMILES string of the molecule is CC(C)C1(C)COCCO1. The summed E-state index contributed by atoms with van der Waals surface area (Å²) in [6, 6.07) is 0. The maximum Gasteiger partial charge on any atom is 0.0910 e. The summed E-state index contributed by atoms with van der Waals surface area (Å²) in [6.07, 6.45) is 0. The molecule has 0 aromatic rings. The second-order valence-corrected chi connectivity index (χ2v) is 3.37. The predicted molar refractivity (Wildman–Crippen MR) is 40.0 cm³/mol. The summed E-state index contributed by atoms with van der Waals surface area (Å²) in [6.45, 7) is 8.67. The molecule has 1 rings (SSSR count). The standard InChI is InChI=1S/C8H16O2/c1-7(2)8(3)6-9-4-5-10-8/h7H,4-6H2,1-3H3. The fourth-order valence-electron chi connectivity index (χ4n) is 0.984. The van der Waals surface area contributed by atoms with Crippen LogP contribution >= 0.6 is 0 Å². The molecule has 1 saturated heterocycles. The highest BCUT2D eigenvalue weighted by Crippen LogP contribution is 2.23. The van der Waals surface area contributed by atoms with Crippen LogP contribution in [0.15, 0.2) is 0 Å². The second kappa shape index (κ2) is 2.89. The first-order valence-corrected chi connectivity index (χ1v) is 3.87. The zero-order chi connectivity index (χ0) is 7.61. The lowest BCUT2D eigenvalue weighted by Crippen LogP contribution is -2.44. The van der Waals surface area contributed by atoms with Gasteiger partial charge >= 0.3 is 0 Å². The van der Waals surface area contributed by atoms with Crippen molar-refractivity contribution in [3.8, 4) is 0 Å². The minimum absolute atomic E-state index is 0.0434. The first-order chi connectivity index (χ1) is 4.65. The van der Waals surface area contributed by atoms with Gasteiger partial charge in [-0.25, -0.2) is 0 Å². The maximum absolute atomic E-state index is 5.60. The van der Waals surface area contributed by atoms with Crippen molar-refractivity contribution in [2.45, 2.75) is 26.4 Å². The zero-order valence-electron chi connectivity index (χ0n) is 7.02. The third-order valence-corrected chi connectivity index (χ3v) is 2.27. The summed E-state index contributed by atoms with van der Waals surface area (Å²) >= 11 is 0. The zero-order valence-corrected chi connectivity index (χ0v) is 7.02. The van der Waals surface area contributed by atoms with E-state index in [0.717, 1.165) is 19.8 Å². The van der Waals surface area contributed by atoms with E-state index in [4.69, 9.17) is 9.47 Å². The van der Waals surface area contributed by atoms with Crippen molar-refractivity contribution in [2.24, 2.45) is 5.92 Å². The van der Waals surface area contributed by atoms with Crippen LogP contribution < -0.4 is 0 Å². The topological polar surface area (TPSA) is 18.5 Å². The first-order valence-electron chi connectivity index (χ1n) is 3.87. The lowest BCUT2D eigenvalue weighted by molar-refractivity contribution is -0.167. The lowest BCUT2D eigenvalue weighted by atomic mass is 9.93. The van der Waals surface area contributed by atoms with Crippen LogP contribution in [0.5, 0.6) is 0 Å². The number of hydrogen-bond acceptors (Lipinski definition) is 2. The van der Waals surface area contributed by atoms with E-state index in [-0.39, 0.29) is 5.60 Å². The molecule has 1 aliphatic heterocycles. The van der Waals surface area contributed by atoms with Crippen molar-refractivity contribution in [1.82, 2.24) is 0 Å². The van der Waals surface area contributed by atoms with Gasteiger partial charge < -0.3 is 9.47 Å². The van der Waals surface area contributed by atoms with Gasteiger partial charge in [-0.1, -0.05) is 13.8 Å². The highest BCUT2D eigenvalue weighted by Gasteiger charge is 2.31. The highest BCUT2D eigenvalue weighted by molar-refractivity contribution is 4.80. The van der Waals surface area contributed by atoms with E-state index in [2.05, 4.69) is 20.8 Å². The molecule has 1 fully saturated rings. The number of hydrogen-bond donors (Lipinski definition) is 0. The Morgan fingerprint density at radius 1 is 1.30 bits per heavy atom. The van der Waals surface area contributed by atoms with Crippen LogP contribution in [0.3, 0.4) is 0 Å². The summed E-state index contributed by atoms with van der Waals surface area (Å²) in [5.74, 6) is 0.535. The molecule has 0 bridgehead atoms. The molecule has 2 heteroatoms. The van der Waals surface area contributed by atoms with E-state index >= 15 is 0 Å². The van der Waals surface area contributed by atoms with E-state index in [9.17, 15) is 0 Å². The molecule has 10 heavy (non-hydrogen) atoms. The van der Waals surface area contributed by atoms with Crippen LogP contribution in [-0.4, -0.2) is 25.4 Å². The second-order valence-electron chi connectivity index (χ2n) is 3.37. The van der Waals surface area contributed by atoms with Gasteiger partial charge in [-0.15, -0.1) is 0 Å². The van der Waals surface area contributed by atoms with Gasteiger partial charge in [0.2, 0.25) is 0 Å². The van der Waals surface area contributed by atoms with Gasteiger partial charge in [0.05, 0.1) is 25.4 Å². The van der Waals surface area contributed by atoms with Gasteiger partial charge in [0.15, 0.2) is 0 Å². The van der Waals surface area contributed by atoms with Crippen LogP contribution in [0, 0.1) is 5.92 Å². The fourth-order valence-corrected chi connectivity index (χ4v) is 0.984. The summed E-state index contributed by atoms with van der Waals surface area (Å²) in [7, 11) is 0. The summed E-state index contributed by atoms with van der Waals surface area (Å²) in [5, 5.41) is 0. The molecule has 1 atom stereocenters. The average Bonchev–Trinajstić information content (AvgIpc) is 1.89. The molecular formula is C8H16O2. The van der Waals surface area contributed by atoms with Crippen LogP contribution in [0.1, 0.15) is 20.8 Å². The Bertz CT molecular complexity index is 104. The molecule has 0 aromatic heterocycles. The van der Waals surface area contributed by atoms with Crippen LogP contribution in [0.2, 0.25) is 0 Å². The van der Waals surface area contributed by atoms with Crippen LogP contribution in [-0.2, 0) is 9.47 Å². The fraction of sp³-hybridized carbons (Fsp3) is 1.00. The highest BCUT2D eigenvalue weighted by atomic mass is 16.6. The van der Waals surface area contributed by atoms with Crippen LogP contribution in [0.25, 0.3) is 0 Å². The first kappa shape index (κ1) is 8.02. The van der Waals surface area contributed by atoms with E-state index in [0.29, 0.717) is 5.92 Å². The van der Waals surface area contributed by atoms with E-state index in [1.165, 1.54) is 0 Å². The van der Waals surface area contributed by atoms with Gasteiger partial charge in [-0.3, -0.25) is 0 Å². The minimum Gasteiger partial charge on any atom is -0.376 e. The van der Waals surface area contributed by atoms with Crippen molar-refractivity contribution in [3.05, 3.63) is 0 Å². The Morgan fingerprint density at radius 2 is 2.00 bits per heavy atom. The average molecular weight is 144 g/mol. The van der Waals surface area contributed by atoms with Crippen molar-refractivity contribution < 1.29 is 9.47 Å². The van der Waals surface area contributed by atoms with Crippen molar-refractivity contribution in [2.75, 3.05) is 19.8 Å². The third-order valence-electron chi connectivity index (χ3n) is 2.27. The third kappa shape index (κ3) is 1.50. The molecule has 1 unspecified atom stereocenters. The number of rotatable bonds is 1. The van der Waals surface area contributed by atoms with Gasteiger partial charge in [-0.05, 0) is 12.8 Å². The Balaban J connectivity index is 2.48. The molecule has 60 valence electrons. The maximum atomic E-state index is 5.60. The smallest absolute Gasteiger partial charge is 0.0910 e. The molecule has 1 aliphatic rings. The van der Waals surface area contributed by atoms with Gasteiger partial charge in [0.25, 0.3) is 0 Å². The Labute approximate surface area is 62.5 Å². The Kier molecular flexibility index (Phi) is 2.32. The van der Waals surface area contributed by atoms with Gasteiger partial charge in [0, 0.05) is 0 Å². The van der Waals surface area contributed by atoms with Gasteiger partial charge in [0.1, 0.15) is 0 Å². The summed E-state index contributed by atoms with van der Waals surface area (Å²) in [4.78, 5) is 0. The van der Waals surface area contributed by atoms with Crippen molar-refractivity contribution >= 4 is 0 Å². The molecule has 0 aliphatic carbocycles. The molecule has 1 heterocycles. The lowest BCUT2D eigenvalue weighted by Gasteiger charge is -2.36. The minimum atomic E-state index is -0.0434. The number of ether oxygens (including phenoxy) is 2. The van der Waals surface area contributed by atoms with Gasteiger partial charge in [-0.2, -0.15) is 0 Å². The molecular weight excluding hydrogens is 128 g/mol. The van der Waals surface area contributed by atoms with E-state index in [1.54, 1.807) is 0 Å². The molecule has 0 saturated carbocycles. The Hall–Kier alpha value is -0.0800. The quantitative estimate of drug-likeness (QED) is 0.554. The molecule has 0 aromatic carbocycles. The molecule has 0 amide bonds. The van der Waals surface area contributed by atoms with Crippen LogP contribution in [0.4, 0.5) is 0 Å². The molecule has 0 spiro atoms. The molecule has 0 radical (unpaired) electrons.